The zero-order valence-corrected chi connectivity index (χ0v) is 10.5. The third kappa shape index (κ3) is 2.76. The summed E-state index contributed by atoms with van der Waals surface area (Å²) in [6.45, 7) is 3.83. The second-order valence-corrected chi connectivity index (χ2v) is 4.38. The van der Waals surface area contributed by atoms with Crippen molar-refractivity contribution < 1.29 is 14.6 Å². The van der Waals surface area contributed by atoms with Gasteiger partial charge in [0.25, 0.3) is 0 Å². The zero-order valence-electron chi connectivity index (χ0n) is 10.5. The van der Waals surface area contributed by atoms with Gasteiger partial charge in [0.05, 0.1) is 24.0 Å². The highest BCUT2D eigenvalue weighted by Crippen LogP contribution is 2.22. The molecular formula is C12H17N3O3. The first kappa shape index (κ1) is 12.8. The summed E-state index contributed by atoms with van der Waals surface area (Å²) in [4.78, 5) is 19.9. The second-order valence-electron chi connectivity index (χ2n) is 4.38. The second kappa shape index (κ2) is 5.30. The third-order valence-electron chi connectivity index (χ3n) is 2.92. The fraction of sp³-hybridized carbons (Fsp3) is 0.583. The van der Waals surface area contributed by atoms with E-state index in [0.717, 1.165) is 0 Å². The van der Waals surface area contributed by atoms with Crippen LogP contribution in [0.15, 0.2) is 6.20 Å². The lowest BCUT2D eigenvalue weighted by molar-refractivity contribution is 0.0524. The van der Waals surface area contributed by atoms with Crippen molar-refractivity contribution in [3.8, 4) is 0 Å². The number of anilines is 1. The van der Waals surface area contributed by atoms with Crippen LogP contribution >= 0.6 is 0 Å². The molecule has 0 aliphatic heterocycles. The van der Waals surface area contributed by atoms with E-state index in [9.17, 15) is 9.90 Å². The van der Waals surface area contributed by atoms with Crippen LogP contribution in [0.5, 0.6) is 0 Å². The Morgan fingerprint density at radius 2 is 2.33 bits per heavy atom. The highest BCUT2D eigenvalue weighted by Gasteiger charge is 2.27. The Kier molecular flexibility index (Phi) is 3.76. The molecule has 1 fully saturated rings. The van der Waals surface area contributed by atoms with E-state index in [1.54, 1.807) is 13.8 Å². The summed E-state index contributed by atoms with van der Waals surface area (Å²) in [5.41, 5.74) is 0.974. The van der Waals surface area contributed by atoms with Crippen molar-refractivity contribution in [1.29, 1.82) is 0 Å². The molecule has 6 nitrogen and oxygen atoms in total. The fourth-order valence-corrected chi connectivity index (χ4v) is 1.83. The van der Waals surface area contributed by atoms with Gasteiger partial charge in [0.2, 0.25) is 5.95 Å². The summed E-state index contributed by atoms with van der Waals surface area (Å²) in [7, 11) is 0. The zero-order chi connectivity index (χ0) is 13.1. The van der Waals surface area contributed by atoms with Gasteiger partial charge in [0.15, 0.2) is 0 Å². The highest BCUT2D eigenvalue weighted by molar-refractivity contribution is 5.90. The van der Waals surface area contributed by atoms with Gasteiger partial charge in [-0.15, -0.1) is 0 Å². The first-order valence-corrected chi connectivity index (χ1v) is 6.05. The molecule has 1 aliphatic rings. The molecule has 0 aromatic carbocycles. The topological polar surface area (TPSA) is 84.3 Å². The van der Waals surface area contributed by atoms with Gasteiger partial charge in [0, 0.05) is 12.2 Å². The maximum atomic E-state index is 11.6. The number of hydrogen-bond donors (Lipinski definition) is 2. The number of ether oxygens (including phenoxy) is 1. The van der Waals surface area contributed by atoms with Gasteiger partial charge < -0.3 is 15.2 Å². The minimum atomic E-state index is -0.402. The number of aliphatic hydroxyl groups excluding tert-OH is 1. The molecule has 0 unspecified atom stereocenters. The van der Waals surface area contributed by atoms with Crippen LogP contribution in [0.2, 0.25) is 0 Å². The van der Waals surface area contributed by atoms with Crippen LogP contribution < -0.4 is 5.32 Å². The molecule has 98 valence electrons. The van der Waals surface area contributed by atoms with Gasteiger partial charge in [-0.2, -0.15) is 0 Å². The molecule has 1 saturated carbocycles. The molecule has 2 rings (SSSR count). The Bertz CT molecular complexity index is 444. The van der Waals surface area contributed by atoms with Crippen molar-refractivity contribution in [2.45, 2.75) is 38.8 Å². The molecule has 0 saturated heterocycles. The number of carbonyl (C=O) groups excluding carboxylic acids is 1. The number of nitrogens with one attached hydrogen (secondary N) is 1. The average molecular weight is 251 g/mol. The fourth-order valence-electron chi connectivity index (χ4n) is 1.83. The standard InChI is InChI=1S/C12H17N3O3/c1-3-18-11(17)10-6-13-12(14-7(10)2)15-8-4-9(16)5-8/h6,8-9,16H,3-5H2,1-2H3,(H,13,14,15). The van der Waals surface area contributed by atoms with Crippen molar-refractivity contribution in [3.05, 3.63) is 17.5 Å². The molecule has 1 heterocycles. The molecule has 0 spiro atoms. The quantitative estimate of drug-likeness (QED) is 0.773. The van der Waals surface area contributed by atoms with Gasteiger partial charge in [-0.25, -0.2) is 14.8 Å². The van der Waals surface area contributed by atoms with Crippen LogP contribution in [0.3, 0.4) is 0 Å². The lowest BCUT2D eigenvalue weighted by Gasteiger charge is -2.31. The largest absolute Gasteiger partial charge is 0.462 e. The number of nitrogens with zero attached hydrogens (tertiary/aromatic N) is 2. The normalized spacial score (nSPS) is 22.2. The Morgan fingerprint density at radius 3 is 2.89 bits per heavy atom. The predicted molar refractivity (Wildman–Crippen MR) is 65.4 cm³/mol. The van der Waals surface area contributed by atoms with E-state index < -0.39 is 5.97 Å². The molecule has 18 heavy (non-hydrogen) atoms. The van der Waals surface area contributed by atoms with Crippen molar-refractivity contribution in [1.82, 2.24) is 9.97 Å². The van der Waals surface area contributed by atoms with Crippen LogP contribution in [0.4, 0.5) is 5.95 Å². The van der Waals surface area contributed by atoms with E-state index in [1.165, 1.54) is 6.20 Å². The van der Waals surface area contributed by atoms with Crippen LogP contribution in [0.25, 0.3) is 0 Å². The summed E-state index contributed by atoms with van der Waals surface area (Å²) < 4.78 is 4.90. The van der Waals surface area contributed by atoms with Crippen molar-refractivity contribution in [3.63, 3.8) is 0 Å². The third-order valence-corrected chi connectivity index (χ3v) is 2.92. The highest BCUT2D eigenvalue weighted by atomic mass is 16.5. The molecular weight excluding hydrogens is 234 g/mol. The van der Waals surface area contributed by atoms with Gasteiger partial charge in [0.1, 0.15) is 0 Å². The number of carbonyl (C=O) groups is 1. The lowest BCUT2D eigenvalue weighted by atomic mass is 9.90. The predicted octanol–water partition coefficient (Wildman–Crippen LogP) is 0.897. The Balaban J connectivity index is 2.02. The monoisotopic (exact) mass is 251 g/mol. The Labute approximate surface area is 105 Å². The van der Waals surface area contributed by atoms with E-state index in [0.29, 0.717) is 36.7 Å². The number of aromatic nitrogens is 2. The summed E-state index contributed by atoms with van der Waals surface area (Å²) in [5, 5.41) is 12.3. The van der Waals surface area contributed by atoms with Gasteiger partial charge >= 0.3 is 5.97 Å². The van der Waals surface area contributed by atoms with E-state index >= 15 is 0 Å². The number of hydrogen-bond acceptors (Lipinski definition) is 6. The Hall–Kier alpha value is -1.69. The molecule has 1 aromatic rings. The average Bonchev–Trinajstić information content (AvgIpc) is 2.27. The van der Waals surface area contributed by atoms with E-state index in [2.05, 4.69) is 15.3 Å². The number of rotatable bonds is 4. The Morgan fingerprint density at radius 1 is 1.61 bits per heavy atom. The van der Waals surface area contributed by atoms with Crippen LogP contribution in [0.1, 0.15) is 35.8 Å². The minimum Gasteiger partial charge on any atom is -0.462 e. The molecule has 0 bridgehead atoms. The van der Waals surface area contributed by atoms with Gasteiger partial charge in [-0.1, -0.05) is 0 Å². The SMILES string of the molecule is CCOC(=O)c1cnc(NC2CC(O)C2)nc1C. The maximum Gasteiger partial charge on any atom is 0.341 e. The number of aryl methyl sites for hydroxylation is 1. The molecule has 6 heteroatoms. The lowest BCUT2D eigenvalue weighted by Crippen LogP contribution is -2.39. The van der Waals surface area contributed by atoms with Crippen LogP contribution in [-0.4, -0.2) is 39.8 Å². The van der Waals surface area contributed by atoms with E-state index in [-0.39, 0.29) is 12.1 Å². The van der Waals surface area contributed by atoms with Gasteiger partial charge in [-0.05, 0) is 26.7 Å². The molecule has 2 N–H and O–H groups in total. The first-order valence-electron chi connectivity index (χ1n) is 6.05. The first-order chi connectivity index (χ1) is 8.60. The van der Waals surface area contributed by atoms with Crippen LogP contribution in [-0.2, 0) is 4.74 Å². The maximum absolute atomic E-state index is 11.6. The van der Waals surface area contributed by atoms with Crippen molar-refractivity contribution >= 4 is 11.9 Å². The van der Waals surface area contributed by atoms with Crippen molar-refractivity contribution in [2.75, 3.05) is 11.9 Å². The van der Waals surface area contributed by atoms with Crippen LogP contribution in [0, 0.1) is 6.92 Å². The summed E-state index contributed by atoms with van der Waals surface area (Å²) in [6, 6.07) is 0.216. The summed E-state index contributed by atoms with van der Waals surface area (Å²) in [5.74, 6) is 0.0815. The smallest absolute Gasteiger partial charge is 0.341 e. The molecule has 1 aliphatic carbocycles. The molecule has 0 amide bonds. The summed E-state index contributed by atoms with van der Waals surface area (Å²) in [6.07, 6.45) is 2.67. The van der Waals surface area contributed by atoms with E-state index in [4.69, 9.17) is 4.74 Å². The number of esters is 1. The molecule has 1 aromatic heterocycles. The van der Waals surface area contributed by atoms with Gasteiger partial charge in [-0.3, -0.25) is 0 Å². The van der Waals surface area contributed by atoms with E-state index in [1.807, 2.05) is 0 Å². The summed E-state index contributed by atoms with van der Waals surface area (Å²) >= 11 is 0. The minimum absolute atomic E-state index is 0.216. The molecule has 0 radical (unpaired) electrons. The molecule has 0 atom stereocenters. The van der Waals surface area contributed by atoms with Crippen molar-refractivity contribution in [2.24, 2.45) is 0 Å². The number of aliphatic hydroxyl groups is 1.